The Hall–Kier alpha value is -0.740. The van der Waals surface area contributed by atoms with E-state index in [0.29, 0.717) is 10.7 Å². The van der Waals surface area contributed by atoms with Crippen molar-refractivity contribution in [1.29, 1.82) is 0 Å². The Bertz CT molecular complexity index is 477. The number of aromatic nitrogens is 2. The Morgan fingerprint density at radius 1 is 1.33 bits per heavy atom. The van der Waals surface area contributed by atoms with Gasteiger partial charge in [0.15, 0.2) is 4.73 Å². The minimum atomic E-state index is 0.668. The third-order valence-corrected chi connectivity index (χ3v) is 3.57. The van der Waals surface area contributed by atoms with Gasteiger partial charge in [-0.3, -0.25) is 0 Å². The van der Waals surface area contributed by atoms with Gasteiger partial charge in [-0.05, 0) is 46.3 Å². The predicted molar refractivity (Wildman–Crippen MR) is 65.0 cm³/mol. The Labute approximate surface area is 101 Å². The van der Waals surface area contributed by atoms with E-state index in [2.05, 4.69) is 48.8 Å². The summed E-state index contributed by atoms with van der Waals surface area (Å²) in [4.78, 5) is 8.81. The van der Waals surface area contributed by atoms with Crippen LogP contribution in [0.2, 0.25) is 0 Å². The molecule has 0 unspecified atom stereocenters. The molecule has 2 aromatic heterocycles. The van der Waals surface area contributed by atoms with Crippen molar-refractivity contribution in [3.8, 4) is 11.3 Å². The molecular formula is C11H9BrN2S. The summed E-state index contributed by atoms with van der Waals surface area (Å²) in [5, 5.41) is 4.19. The number of halogens is 1. The van der Waals surface area contributed by atoms with E-state index >= 15 is 0 Å². The maximum atomic E-state index is 4.41. The number of rotatable bonds is 2. The minimum absolute atomic E-state index is 0.668. The van der Waals surface area contributed by atoms with Gasteiger partial charge in [0.2, 0.25) is 0 Å². The van der Waals surface area contributed by atoms with Crippen molar-refractivity contribution in [3.05, 3.63) is 33.3 Å². The Balaban J connectivity index is 2.07. The first-order chi connectivity index (χ1) is 7.33. The smallest absolute Gasteiger partial charge is 0.197 e. The molecule has 0 saturated heterocycles. The monoisotopic (exact) mass is 280 g/mol. The van der Waals surface area contributed by atoms with Gasteiger partial charge in [-0.25, -0.2) is 9.97 Å². The molecule has 0 bridgehead atoms. The molecule has 1 aliphatic rings. The van der Waals surface area contributed by atoms with Crippen LogP contribution in [-0.4, -0.2) is 9.97 Å². The molecular weight excluding hydrogens is 272 g/mol. The molecule has 2 heterocycles. The maximum absolute atomic E-state index is 4.41. The summed E-state index contributed by atoms with van der Waals surface area (Å²) in [5.41, 5.74) is 3.39. The molecule has 0 amide bonds. The second kappa shape index (κ2) is 3.68. The third kappa shape index (κ3) is 1.96. The van der Waals surface area contributed by atoms with Gasteiger partial charge in [-0.1, -0.05) is 0 Å². The maximum Gasteiger partial charge on any atom is 0.197 e. The lowest BCUT2D eigenvalue weighted by Crippen LogP contribution is -1.93. The highest BCUT2D eigenvalue weighted by Gasteiger charge is 2.26. The molecule has 2 nitrogen and oxygen atoms in total. The fourth-order valence-electron chi connectivity index (χ4n) is 1.58. The standard InChI is InChI=1S/C11H9BrN2S/c12-11-13-9(7-1-2-7)5-10(14-11)8-3-4-15-6-8/h3-7H,1-2H2. The molecule has 0 spiro atoms. The first-order valence-electron chi connectivity index (χ1n) is 4.90. The van der Waals surface area contributed by atoms with Crippen LogP contribution in [0.25, 0.3) is 11.3 Å². The fourth-order valence-corrected chi connectivity index (χ4v) is 2.63. The van der Waals surface area contributed by atoms with Crippen molar-refractivity contribution in [1.82, 2.24) is 9.97 Å². The van der Waals surface area contributed by atoms with Crippen molar-refractivity contribution in [2.75, 3.05) is 0 Å². The normalized spacial score (nSPS) is 15.5. The number of hydrogen-bond donors (Lipinski definition) is 0. The molecule has 76 valence electrons. The molecule has 15 heavy (non-hydrogen) atoms. The van der Waals surface area contributed by atoms with Crippen LogP contribution in [0, 0.1) is 0 Å². The van der Waals surface area contributed by atoms with Gasteiger partial charge in [-0.2, -0.15) is 11.3 Å². The van der Waals surface area contributed by atoms with E-state index in [1.165, 1.54) is 24.1 Å². The highest BCUT2D eigenvalue weighted by atomic mass is 79.9. The van der Waals surface area contributed by atoms with Gasteiger partial charge >= 0.3 is 0 Å². The summed E-state index contributed by atoms with van der Waals surface area (Å²) in [6.07, 6.45) is 2.54. The van der Waals surface area contributed by atoms with E-state index in [9.17, 15) is 0 Å². The SMILES string of the molecule is Brc1nc(-c2ccsc2)cc(C2CC2)n1. The molecule has 0 aliphatic heterocycles. The predicted octanol–water partition coefficient (Wildman–Crippen LogP) is 3.85. The van der Waals surface area contributed by atoms with E-state index in [4.69, 9.17) is 0 Å². The molecule has 1 fully saturated rings. The molecule has 1 saturated carbocycles. The van der Waals surface area contributed by atoms with E-state index in [1.807, 2.05) is 0 Å². The first-order valence-corrected chi connectivity index (χ1v) is 6.63. The van der Waals surface area contributed by atoms with E-state index in [0.717, 1.165) is 5.69 Å². The Kier molecular flexibility index (Phi) is 2.33. The van der Waals surface area contributed by atoms with Crippen LogP contribution in [0.4, 0.5) is 0 Å². The Morgan fingerprint density at radius 3 is 2.87 bits per heavy atom. The lowest BCUT2D eigenvalue weighted by molar-refractivity contribution is 0.967. The van der Waals surface area contributed by atoms with Crippen LogP contribution < -0.4 is 0 Å². The minimum Gasteiger partial charge on any atom is -0.227 e. The van der Waals surface area contributed by atoms with Crippen molar-refractivity contribution in [2.24, 2.45) is 0 Å². The zero-order valence-electron chi connectivity index (χ0n) is 7.98. The Morgan fingerprint density at radius 2 is 2.20 bits per heavy atom. The van der Waals surface area contributed by atoms with Crippen LogP contribution in [0.3, 0.4) is 0 Å². The topological polar surface area (TPSA) is 25.8 Å². The molecule has 2 aromatic rings. The van der Waals surface area contributed by atoms with Crippen LogP contribution in [0.15, 0.2) is 27.6 Å². The molecule has 4 heteroatoms. The highest BCUT2D eigenvalue weighted by molar-refractivity contribution is 9.10. The average molecular weight is 281 g/mol. The van der Waals surface area contributed by atoms with Crippen LogP contribution in [0.5, 0.6) is 0 Å². The number of thiophene rings is 1. The van der Waals surface area contributed by atoms with Gasteiger partial charge in [-0.15, -0.1) is 0 Å². The van der Waals surface area contributed by atoms with E-state index < -0.39 is 0 Å². The third-order valence-electron chi connectivity index (χ3n) is 2.53. The van der Waals surface area contributed by atoms with Gasteiger partial charge < -0.3 is 0 Å². The molecule has 3 rings (SSSR count). The van der Waals surface area contributed by atoms with Gasteiger partial charge in [0.05, 0.1) is 5.69 Å². The first kappa shape index (κ1) is 9.48. The van der Waals surface area contributed by atoms with E-state index in [-0.39, 0.29) is 0 Å². The van der Waals surface area contributed by atoms with Crippen LogP contribution in [-0.2, 0) is 0 Å². The molecule has 0 atom stereocenters. The van der Waals surface area contributed by atoms with Gasteiger partial charge in [0.25, 0.3) is 0 Å². The second-order valence-electron chi connectivity index (χ2n) is 3.73. The molecule has 0 radical (unpaired) electrons. The molecule has 0 N–H and O–H groups in total. The zero-order chi connectivity index (χ0) is 10.3. The summed E-state index contributed by atoms with van der Waals surface area (Å²) < 4.78 is 0.702. The average Bonchev–Trinajstić information content (AvgIpc) is 2.93. The van der Waals surface area contributed by atoms with Gasteiger partial charge in [0, 0.05) is 22.6 Å². The van der Waals surface area contributed by atoms with Crippen LogP contribution in [0.1, 0.15) is 24.5 Å². The van der Waals surface area contributed by atoms with Crippen LogP contribution >= 0.6 is 27.3 Å². The van der Waals surface area contributed by atoms with Gasteiger partial charge in [0.1, 0.15) is 0 Å². The zero-order valence-corrected chi connectivity index (χ0v) is 10.4. The highest BCUT2D eigenvalue weighted by Crippen LogP contribution is 2.40. The van der Waals surface area contributed by atoms with E-state index in [1.54, 1.807) is 11.3 Å². The number of hydrogen-bond acceptors (Lipinski definition) is 3. The lowest BCUT2D eigenvalue weighted by atomic mass is 10.2. The van der Waals surface area contributed by atoms with Crippen molar-refractivity contribution >= 4 is 27.3 Å². The largest absolute Gasteiger partial charge is 0.227 e. The summed E-state index contributed by atoms with van der Waals surface area (Å²) >= 11 is 5.07. The quantitative estimate of drug-likeness (QED) is 0.781. The fraction of sp³-hybridized carbons (Fsp3) is 0.273. The summed E-state index contributed by atoms with van der Waals surface area (Å²) in [6, 6.07) is 4.21. The summed E-state index contributed by atoms with van der Waals surface area (Å²) in [5.74, 6) is 0.668. The molecule has 0 aromatic carbocycles. The van der Waals surface area contributed by atoms with Crippen molar-refractivity contribution < 1.29 is 0 Å². The molecule has 1 aliphatic carbocycles. The summed E-state index contributed by atoms with van der Waals surface area (Å²) in [6.45, 7) is 0. The van der Waals surface area contributed by atoms with Crippen molar-refractivity contribution in [3.63, 3.8) is 0 Å². The lowest BCUT2D eigenvalue weighted by Gasteiger charge is -2.02. The van der Waals surface area contributed by atoms with Crippen molar-refractivity contribution in [2.45, 2.75) is 18.8 Å². The number of nitrogens with zero attached hydrogens (tertiary/aromatic N) is 2. The second-order valence-corrected chi connectivity index (χ2v) is 5.22. The summed E-state index contributed by atoms with van der Waals surface area (Å²) in [7, 11) is 0.